The lowest BCUT2D eigenvalue weighted by Gasteiger charge is -2.25. The number of nitrogen functional groups attached to an aromatic ring is 1. The summed E-state index contributed by atoms with van der Waals surface area (Å²) in [5.41, 5.74) is 7.52. The van der Waals surface area contributed by atoms with E-state index in [1.165, 1.54) is 68.5 Å². The van der Waals surface area contributed by atoms with E-state index in [9.17, 15) is 0 Å². The molecule has 1 aromatic heterocycles. The Morgan fingerprint density at radius 1 is 0.947 bits per heavy atom. The molecule has 1 heterocycles. The van der Waals surface area contributed by atoms with Gasteiger partial charge in [0, 0.05) is 11.8 Å². The van der Waals surface area contributed by atoms with Gasteiger partial charge in [-0.25, -0.2) is 4.98 Å². The van der Waals surface area contributed by atoms with E-state index in [1.54, 1.807) is 11.3 Å². The van der Waals surface area contributed by atoms with Crippen molar-refractivity contribution >= 4 is 16.3 Å². The first-order valence-electron chi connectivity index (χ1n) is 8.00. The highest BCUT2D eigenvalue weighted by Gasteiger charge is 2.26. The molecule has 2 nitrogen and oxygen atoms in total. The molecule has 3 heteroatoms. The third-order valence-electron chi connectivity index (χ3n) is 5.05. The van der Waals surface area contributed by atoms with Gasteiger partial charge < -0.3 is 5.73 Å². The molecule has 0 aromatic carbocycles. The SMILES string of the molecule is CC1CCC(c2nc(C3CCCCC3)sc2N)CC1. The van der Waals surface area contributed by atoms with E-state index in [1.807, 2.05) is 0 Å². The summed E-state index contributed by atoms with van der Waals surface area (Å²) in [5, 5.41) is 2.35. The standard InChI is InChI=1S/C16H26N2S/c1-11-7-9-12(10-8-11)14-15(17)19-16(18-14)13-5-3-2-4-6-13/h11-13H,2-10,17H2,1H3. The van der Waals surface area contributed by atoms with Crippen molar-refractivity contribution in [3.63, 3.8) is 0 Å². The highest BCUT2D eigenvalue weighted by molar-refractivity contribution is 7.15. The Morgan fingerprint density at radius 2 is 1.63 bits per heavy atom. The van der Waals surface area contributed by atoms with Gasteiger partial charge in [0.15, 0.2) is 0 Å². The molecule has 2 fully saturated rings. The van der Waals surface area contributed by atoms with Gasteiger partial charge in [-0.2, -0.15) is 0 Å². The van der Waals surface area contributed by atoms with Gasteiger partial charge in [-0.15, -0.1) is 11.3 Å². The van der Waals surface area contributed by atoms with Gasteiger partial charge in [0.2, 0.25) is 0 Å². The van der Waals surface area contributed by atoms with Crippen LogP contribution in [0.2, 0.25) is 0 Å². The van der Waals surface area contributed by atoms with Crippen molar-refractivity contribution in [3.8, 4) is 0 Å². The lowest BCUT2D eigenvalue weighted by atomic mass is 9.81. The van der Waals surface area contributed by atoms with Crippen LogP contribution in [0.3, 0.4) is 0 Å². The molecular formula is C16H26N2S. The van der Waals surface area contributed by atoms with Gasteiger partial charge in [0.1, 0.15) is 5.00 Å². The molecule has 3 rings (SSSR count). The normalized spacial score (nSPS) is 29.5. The molecule has 0 bridgehead atoms. The van der Waals surface area contributed by atoms with Crippen LogP contribution in [0.25, 0.3) is 0 Å². The van der Waals surface area contributed by atoms with Crippen LogP contribution in [0.15, 0.2) is 0 Å². The van der Waals surface area contributed by atoms with E-state index in [0.717, 1.165) is 10.9 Å². The minimum Gasteiger partial charge on any atom is -0.389 e. The van der Waals surface area contributed by atoms with Crippen LogP contribution >= 0.6 is 11.3 Å². The zero-order chi connectivity index (χ0) is 13.2. The molecule has 0 amide bonds. The number of nitrogens with zero attached hydrogens (tertiary/aromatic N) is 1. The number of rotatable bonds is 2. The summed E-state index contributed by atoms with van der Waals surface area (Å²) in [4.78, 5) is 4.98. The van der Waals surface area contributed by atoms with Crippen LogP contribution in [-0.4, -0.2) is 4.98 Å². The van der Waals surface area contributed by atoms with Gasteiger partial charge in [-0.3, -0.25) is 0 Å². The van der Waals surface area contributed by atoms with Crippen LogP contribution in [0, 0.1) is 5.92 Å². The average Bonchev–Trinajstić information content (AvgIpc) is 2.83. The first kappa shape index (κ1) is 13.4. The Labute approximate surface area is 120 Å². The van der Waals surface area contributed by atoms with Crippen LogP contribution < -0.4 is 5.73 Å². The van der Waals surface area contributed by atoms with Gasteiger partial charge in [0.05, 0.1) is 10.7 Å². The largest absolute Gasteiger partial charge is 0.389 e. The average molecular weight is 278 g/mol. The number of anilines is 1. The van der Waals surface area contributed by atoms with Crippen molar-refractivity contribution in [2.24, 2.45) is 5.92 Å². The third-order valence-corrected chi connectivity index (χ3v) is 6.12. The summed E-state index contributed by atoms with van der Waals surface area (Å²) in [6.45, 7) is 2.37. The van der Waals surface area contributed by atoms with E-state index < -0.39 is 0 Å². The fraction of sp³-hybridized carbons (Fsp3) is 0.812. The highest BCUT2D eigenvalue weighted by Crippen LogP contribution is 2.42. The number of nitrogens with two attached hydrogens (primary N) is 1. The van der Waals surface area contributed by atoms with Crippen LogP contribution in [-0.2, 0) is 0 Å². The van der Waals surface area contributed by atoms with Crippen molar-refractivity contribution < 1.29 is 0 Å². The second-order valence-corrected chi connectivity index (χ2v) is 7.66. The molecule has 2 N–H and O–H groups in total. The molecule has 2 saturated carbocycles. The number of thiazole rings is 1. The smallest absolute Gasteiger partial charge is 0.110 e. The molecule has 0 aliphatic heterocycles. The van der Waals surface area contributed by atoms with Crippen molar-refractivity contribution in [3.05, 3.63) is 10.7 Å². The summed E-state index contributed by atoms with van der Waals surface area (Å²) in [6.07, 6.45) is 12.1. The van der Waals surface area contributed by atoms with E-state index in [2.05, 4.69) is 6.92 Å². The molecule has 0 radical (unpaired) electrons. The zero-order valence-electron chi connectivity index (χ0n) is 12.0. The number of hydrogen-bond acceptors (Lipinski definition) is 3. The first-order valence-corrected chi connectivity index (χ1v) is 8.81. The quantitative estimate of drug-likeness (QED) is 0.820. The van der Waals surface area contributed by atoms with Crippen LogP contribution in [0.4, 0.5) is 5.00 Å². The summed E-state index contributed by atoms with van der Waals surface area (Å²) in [6, 6.07) is 0. The maximum absolute atomic E-state index is 6.27. The van der Waals surface area contributed by atoms with Crippen molar-refractivity contribution in [2.75, 3.05) is 5.73 Å². The Bertz CT molecular complexity index is 412. The topological polar surface area (TPSA) is 38.9 Å². The predicted molar refractivity (Wildman–Crippen MR) is 82.7 cm³/mol. The van der Waals surface area contributed by atoms with Crippen molar-refractivity contribution in [1.82, 2.24) is 4.98 Å². The summed E-state index contributed by atoms with van der Waals surface area (Å²) in [7, 11) is 0. The highest BCUT2D eigenvalue weighted by atomic mass is 32.1. The lowest BCUT2D eigenvalue weighted by molar-refractivity contribution is 0.344. The van der Waals surface area contributed by atoms with E-state index in [0.29, 0.717) is 11.8 Å². The first-order chi connectivity index (χ1) is 9.24. The molecule has 0 atom stereocenters. The molecule has 2 aliphatic rings. The van der Waals surface area contributed by atoms with Crippen LogP contribution in [0.1, 0.15) is 87.2 Å². The maximum Gasteiger partial charge on any atom is 0.110 e. The Morgan fingerprint density at radius 3 is 2.32 bits per heavy atom. The fourth-order valence-corrected chi connectivity index (χ4v) is 4.80. The van der Waals surface area contributed by atoms with Gasteiger partial charge in [-0.1, -0.05) is 39.0 Å². The Balaban J connectivity index is 1.73. The summed E-state index contributed by atoms with van der Waals surface area (Å²) >= 11 is 1.78. The second kappa shape index (κ2) is 5.82. The maximum atomic E-state index is 6.27. The molecule has 19 heavy (non-hydrogen) atoms. The zero-order valence-corrected chi connectivity index (χ0v) is 12.8. The fourth-order valence-electron chi connectivity index (χ4n) is 3.71. The molecule has 0 unspecified atom stereocenters. The molecule has 2 aliphatic carbocycles. The van der Waals surface area contributed by atoms with Gasteiger partial charge in [-0.05, 0) is 31.6 Å². The number of aromatic nitrogens is 1. The molecule has 0 spiro atoms. The molecular weight excluding hydrogens is 252 g/mol. The van der Waals surface area contributed by atoms with Crippen LogP contribution in [0.5, 0.6) is 0 Å². The second-order valence-electron chi connectivity index (χ2n) is 6.59. The molecule has 0 saturated heterocycles. The number of hydrogen-bond donors (Lipinski definition) is 1. The third kappa shape index (κ3) is 2.96. The minimum atomic E-state index is 0.643. The summed E-state index contributed by atoms with van der Waals surface area (Å²) < 4.78 is 0. The van der Waals surface area contributed by atoms with Gasteiger partial charge in [0.25, 0.3) is 0 Å². The molecule has 1 aromatic rings. The predicted octanol–water partition coefficient (Wildman–Crippen LogP) is 5.07. The van der Waals surface area contributed by atoms with E-state index in [-0.39, 0.29) is 0 Å². The Kier molecular flexibility index (Phi) is 4.11. The monoisotopic (exact) mass is 278 g/mol. The van der Waals surface area contributed by atoms with E-state index in [4.69, 9.17) is 10.7 Å². The molecule has 106 valence electrons. The van der Waals surface area contributed by atoms with E-state index >= 15 is 0 Å². The van der Waals surface area contributed by atoms with Crippen molar-refractivity contribution in [2.45, 2.75) is 76.5 Å². The lowest BCUT2D eigenvalue weighted by Crippen LogP contribution is -2.12. The summed E-state index contributed by atoms with van der Waals surface area (Å²) in [5.74, 6) is 2.25. The van der Waals surface area contributed by atoms with Gasteiger partial charge >= 0.3 is 0 Å². The Hall–Kier alpha value is -0.570. The minimum absolute atomic E-state index is 0.643. The van der Waals surface area contributed by atoms with Crippen molar-refractivity contribution in [1.29, 1.82) is 0 Å².